The third-order valence-corrected chi connectivity index (χ3v) is 4.15. The standard InChI is InChI=1S/C21H30NO/c1(3-5-10-16-22-17-11-7-12-18-22)2-4-6-13-19-23-20-21-14-8-9-15-21/h7-9,11-12,14,17-18H,1-6,10,13,16,19-20H2/q+1. The molecule has 0 fully saturated rings. The lowest BCUT2D eigenvalue weighted by molar-refractivity contribution is -0.697. The zero-order valence-electron chi connectivity index (χ0n) is 14.3. The Morgan fingerprint density at radius 3 is 2.22 bits per heavy atom. The third-order valence-electron chi connectivity index (χ3n) is 4.15. The molecule has 1 aromatic rings. The topological polar surface area (TPSA) is 13.1 Å². The summed E-state index contributed by atoms with van der Waals surface area (Å²) in [4.78, 5) is 0. The number of ether oxygens (including phenoxy) is 1. The van der Waals surface area contributed by atoms with Crippen molar-refractivity contribution in [2.24, 2.45) is 0 Å². The molecule has 1 aliphatic rings. The van der Waals surface area contributed by atoms with Gasteiger partial charge < -0.3 is 4.74 Å². The molecule has 2 nitrogen and oxygen atoms in total. The minimum Gasteiger partial charge on any atom is -0.376 e. The predicted octanol–water partition coefficient (Wildman–Crippen LogP) is 4.76. The van der Waals surface area contributed by atoms with Crippen molar-refractivity contribution in [2.75, 3.05) is 13.2 Å². The number of aryl methyl sites for hydroxylation is 1. The molecule has 0 saturated carbocycles. The summed E-state index contributed by atoms with van der Waals surface area (Å²) >= 11 is 0. The van der Waals surface area contributed by atoms with Crippen LogP contribution in [0.3, 0.4) is 0 Å². The normalized spacial score (nSPS) is 12.8. The fourth-order valence-corrected chi connectivity index (χ4v) is 2.78. The van der Waals surface area contributed by atoms with Gasteiger partial charge in [-0.15, -0.1) is 5.73 Å². The first-order valence-electron chi connectivity index (χ1n) is 9.09. The fourth-order valence-electron chi connectivity index (χ4n) is 2.78. The van der Waals surface area contributed by atoms with E-state index < -0.39 is 0 Å². The Balaban J connectivity index is 1.30. The Morgan fingerprint density at radius 2 is 1.52 bits per heavy atom. The second-order valence-electron chi connectivity index (χ2n) is 6.19. The maximum absolute atomic E-state index is 5.65. The Morgan fingerprint density at radius 1 is 0.826 bits per heavy atom. The molecule has 0 amide bonds. The SMILES string of the molecule is C1=CC=CC=1COCCCCCCCCCC[n+]1ccccc1. The van der Waals surface area contributed by atoms with E-state index in [2.05, 4.69) is 47.0 Å². The van der Waals surface area contributed by atoms with E-state index in [-0.39, 0.29) is 0 Å². The van der Waals surface area contributed by atoms with Gasteiger partial charge in [-0.1, -0.05) is 44.2 Å². The van der Waals surface area contributed by atoms with Crippen LogP contribution in [0, 0.1) is 0 Å². The molecule has 0 N–H and O–H groups in total. The van der Waals surface area contributed by atoms with Gasteiger partial charge in [0.05, 0.1) is 6.61 Å². The number of hydrogen-bond donors (Lipinski definition) is 0. The number of pyridine rings is 1. The van der Waals surface area contributed by atoms with E-state index in [0.717, 1.165) is 13.2 Å². The van der Waals surface area contributed by atoms with Crippen LogP contribution in [-0.2, 0) is 11.3 Å². The molecular weight excluding hydrogens is 282 g/mol. The first-order chi connectivity index (χ1) is 11.4. The van der Waals surface area contributed by atoms with Crippen molar-refractivity contribution in [3.05, 3.63) is 60.1 Å². The van der Waals surface area contributed by atoms with Gasteiger partial charge in [0.15, 0.2) is 12.4 Å². The monoisotopic (exact) mass is 312 g/mol. The third kappa shape index (κ3) is 8.54. The molecule has 0 atom stereocenters. The molecule has 0 bridgehead atoms. The maximum Gasteiger partial charge on any atom is 0.168 e. The lowest BCUT2D eigenvalue weighted by Gasteiger charge is -2.04. The molecule has 0 aliphatic heterocycles. The van der Waals surface area contributed by atoms with E-state index in [4.69, 9.17) is 4.74 Å². The van der Waals surface area contributed by atoms with Crippen molar-refractivity contribution in [3.63, 3.8) is 0 Å². The van der Waals surface area contributed by atoms with Gasteiger partial charge >= 0.3 is 0 Å². The second kappa shape index (κ2) is 11.9. The number of allylic oxidation sites excluding steroid dienone is 1. The number of hydrogen-bond acceptors (Lipinski definition) is 1. The highest BCUT2D eigenvalue weighted by atomic mass is 16.5. The van der Waals surface area contributed by atoms with Gasteiger partial charge in [-0.25, -0.2) is 4.57 Å². The fraction of sp³-hybridized carbons (Fsp3) is 0.524. The molecule has 0 aromatic carbocycles. The predicted molar refractivity (Wildman–Crippen MR) is 95.1 cm³/mol. The Labute approximate surface area is 141 Å². The number of aromatic nitrogens is 1. The highest BCUT2D eigenvalue weighted by Crippen LogP contribution is 2.09. The van der Waals surface area contributed by atoms with Crippen LogP contribution in [-0.4, -0.2) is 13.2 Å². The van der Waals surface area contributed by atoms with Gasteiger partial charge in [-0.05, 0) is 25.0 Å². The van der Waals surface area contributed by atoms with Gasteiger partial charge in [0, 0.05) is 30.7 Å². The molecule has 23 heavy (non-hydrogen) atoms. The Kier molecular flexibility index (Phi) is 9.15. The highest BCUT2D eigenvalue weighted by molar-refractivity contribution is 5.29. The molecule has 1 heterocycles. The van der Waals surface area contributed by atoms with E-state index in [1.165, 1.54) is 56.9 Å². The summed E-state index contributed by atoms with van der Waals surface area (Å²) in [6.07, 6.45) is 20.9. The average Bonchev–Trinajstić information content (AvgIpc) is 3.10. The van der Waals surface area contributed by atoms with E-state index in [0.29, 0.717) is 6.61 Å². The van der Waals surface area contributed by atoms with Crippen LogP contribution >= 0.6 is 0 Å². The van der Waals surface area contributed by atoms with Crippen LogP contribution in [0.15, 0.2) is 60.1 Å². The summed E-state index contributed by atoms with van der Waals surface area (Å²) in [6, 6.07) is 6.27. The molecule has 2 heteroatoms. The molecule has 0 saturated heterocycles. The quantitative estimate of drug-likeness (QED) is 0.291. The largest absolute Gasteiger partial charge is 0.376 e. The van der Waals surface area contributed by atoms with Crippen LogP contribution in [0.5, 0.6) is 0 Å². The zero-order chi connectivity index (χ0) is 16.0. The van der Waals surface area contributed by atoms with Crippen molar-refractivity contribution < 1.29 is 9.30 Å². The van der Waals surface area contributed by atoms with Crippen LogP contribution in [0.25, 0.3) is 0 Å². The van der Waals surface area contributed by atoms with Crippen molar-refractivity contribution in [1.29, 1.82) is 0 Å². The summed E-state index contributed by atoms with van der Waals surface area (Å²) in [5, 5.41) is 0. The summed E-state index contributed by atoms with van der Waals surface area (Å²) in [7, 11) is 0. The minimum atomic E-state index is 0.715. The smallest absolute Gasteiger partial charge is 0.168 e. The molecule has 2 rings (SSSR count). The van der Waals surface area contributed by atoms with Crippen LogP contribution in [0.4, 0.5) is 0 Å². The molecule has 0 spiro atoms. The summed E-state index contributed by atoms with van der Waals surface area (Å²) < 4.78 is 7.92. The van der Waals surface area contributed by atoms with Crippen LogP contribution in [0.2, 0.25) is 0 Å². The first-order valence-corrected chi connectivity index (χ1v) is 9.09. The molecule has 1 aliphatic carbocycles. The van der Waals surface area contributed by atoms with Gasteiger partial charge in [0.25, 0.3) is 0 Å². The van der Waals surface area contributed by atoms with E-state index >= 15 is 0 Å². The first kappa shape index (κ1) is 17.7. The highest BCUT2D eigenvalue weighted by Gasteiger charge is 1.98. The Bertz CT molecular complexity index is 512. The average molecular weight is 312 g/mol. The van der Waals surface area contributed by atoms with Gasteiger partial charge in [-0.3, -0.25) is 0 Å². The van der Waals surface area contributed by atoms with Crippen LogP contribution < -0.4 is 4.57 Å². The van der Waals surface area contributed by atoms with Crippen molar-refractivity contribution in [2.45, 2.75) is 57.9 Å². The van der Waals surface area contributed by atoms with Gasteiger partial charge in [0.2, 0.25) is 0 Å². The second-order valence-corrected chi connectivity index (χ2v) is 6.19. The summed E-state index contributed by atoms with van der Waals surface area (Å²) in [5.74, 6) is 0. The molecular formula is C21H30NO+. The van der Waals surface area contributed by atoms with Crippen LogP contribution in [0.1, 0.15) is 51.4 Å². The number of rotatable bonds is 13. The van der Waals surface area contributed by atoms with E-state index in [9.17, 15) is 0 Å². The lowest BCUT2D eigenvalue weighted by atomic mass is 10.1. The van der Waals surface area contributed by atoms with Crippen molar-refractivity contribution in [3.8, 4) is 0 Å². The van der Waals surface area contributed by atoms with Gasteiger partial charge in [-0.2, -0.15) is 0 Å². The van der Waals surface area contributed by atoms with Crippen molar-refractivity contribution >= 4 is 0 Å². The van der Waals surface area contributed by atoms with Gasteiger partial charge in [0.1, 0.15) is 6.54 Å². The minimum absolute atomic E-state index is 0.715. The molecule has 124 valence electrons. The zero-order valence-corrected chi connectivity index (χ0v) is 14.3. The molecule has 0 unspecified atom stereocenters. The summed E-state index contributed by atoms with van der Waals surface area (Å²) in [5.41, 5.74) is 4.32. The summed E-state index contributed by atoms with van der Waals surface area (Å²) in [6.45, 7) is 2.75. The lowest BCUT2D eigenvalue weighted by Crippen LogP contribution is -2.32. The van der Waals surface area contributed by atoms with Crippen molar-refractivity contribution in [1.82, 2.24) is 0 Å². The van der Waals surface area contributed by atoms with E-state index in [1.807, 2.05) is 12.2 Å². The maximum atomic E-state index is 5.65. The molecule has 1 aromatic heterocycles. The number of unbranched alkanes of at least 4 members (excludes halogenated alkanes) is 7. The number of nitrogens with zero attached hydrogens (tertiary/aromatic N) is 1. The molecule has 0 radical (unpaired) electrons. The van der Waals surface area contributed by atoms with E-state index in [1.54, 1.807) is 0 Å². The Hall–Kier alpha value is -1.63.